The van der Waals surface area contributed by atoms with Gasteiger partial charge in [0.2, 0.25) is 0 Å². The Kier molecular flexibility index (Phi) is 5.37. The highest BCUT2D eigenvalue weighted by molar-refractivity contribution is 5.87. The predicted molar refractivity (Wildman–Crippen MR) is 87.7 cm³/mol. The zero-order chi connectivity index (χ0) is 15.9. The number of hydrogen-bond donors (Lipinski definition) is 1. The summed E-state index contributed by atoms with van der Waals surface area (Å²) in [6, 6.07) is 15.1. The first kappa shape index (κ1) is 15.8. The fraction of sp³-hybridized carbons (Fsp3) is 0.211. The van der Waals surface area contributed by atoms with Gasteiger partial charge in [-0.25, -0.2) is 4.79 Å². The molecule has 2 rings (SSSR count). The van der Waals surface area contributed by atoms with E-state index in [-0.39, 0.29) is 24.2 Å². The summed E-state index contributed by atoms with van der Waals surface area (Å²) in [5.74, 6) is -0.208. The molecule has 22 heavy (non-hydrogen) atoms. The summed E-state index contributed by atoms with van der Waals surface area (Å²) in [6.45, 7) is 4.07. The maximum atomic E-state index is 11.7. The lowest BCUT2D eigenvalue weighted by atomic mass is 9.99. The van der Waals surface area contributed by atoms with Gasteiger partial charge >= 0.3 is 5.97 Å². The van der Waals surface area contributed by atoms with Gasteiger partial charge in [-0.05, 0) is 30.2 Å². The molecule has 0 aromatic heterocycles. The summed E-state index contributed by atoms with van der Waals surface area (Å²) < 4.78 is 5.23. The van der Waals surface area contributed by atoms with Gasteiger partial charge in [-0.3, -0.25) is 0 Å². The Balaban J connectivity index is 1.89. The molecular formula is C19H20O3. The van der Waals surface area contributed by atoms with Crippen LogP contribution in [0.15, 0.2) is 54.6 Å². The smallest absolute Gasteiger partial charge is 0.330 e. The van der Waals surface area contributed by atoms with Gasteiger partial charge in [0, 0.05) is 17.6 Å². The highest BCUT2D eigenvalue weighted by Gasteiger charge is 2.12. The maximum absolute atomic E-state index is 11.7. The molecule has 3 heteroatoms. The molecule has 0 aliphatic carbocycles. The SMILES string of the molecule is Cc1ccc([C@H](C)COC(=O)C=Cc2ccccc2)c(O)c1. The van der Waals surface area contributed by atoms with Crippen LogP contribution in [-0.2, 0) is 9.53 Å². The lowest BCUT2D eigenvalue weighted by Crippen LogP contribution is -2.09. The van der Waals surface area contributed by atoms with Crippen molar-refractivity contribution in [3.63, 3.8) is 0 Å². The molecule has 0 aliphatic rings. The summed E-state index contributed by atoms with van der Waals surface area (Å²) in [7, 11) is 0. The van der Waals surface area contributed by atoms with Crippen LogP contribution in [0.4, 0.5) is 0 Å². The monoisotopic (exact) mass is 296 g/mol. The summed E-state index contributed by atoms with van der Waals surface area (Å²) in [6.07, 6.45) is 3.13. The van der Waals surface area contributed by atoms with Crippen molar-refractivity contribution in [3.05, 3.63) is 71.3 Å². The van der Waals surface area contributed by atoms with E-state index in [1.165, 1.54) is 6.08 Å². The van der Waals surface area contributed by atoms with Crippen LogP contribution in [0.2, 0.25) is 0 Å². The fourth-order valence-electron chi connectivity index (χ4n) is 2.14. The van der Waals surface area contributed by atoms with E-state index in [0.29, 0.717) is 0 Å². The van der Waals surface area contributed by atoms with Crippen molar-refractivity contribution in [2.45, 2.75) is 19.8 Å². The largest absolute Gasteiger partial charge is 0.508 e. The Morgan fingerprint density at radius 3 is 2.64 bits per heavy atom. The van der Waals surface area contributed by atoms with Gasteiger partial charge in [-0.2, -0.15) is 0 Å². The van der Waals surface area contributed by atoms with Crippen molar-refractivity contribution in [1.82, 2.24) is 0 Å². The number of hydrogen-bond acceptors (Lipinski definition) is 3. The number of benzene rings is 2. The summed E-state index contributed by atoms with van der Waals surface area (Å²) in [4.78, 5) is 11.7. The third-order valence-electron chi connectivity index (χ3n) is 3.40. The van der Waals surface area contributed by atoms with E-state index in [0.717, 1.165) is 16.7 Å². The summed E-state index contributed by atoms with van der Waals surface area (Å²) >= 11 is 0. The van der Waals surface area contributed by atoms with Crippen molar-refractivity contribution in [3.8, 4) is 5.75 Å². The molecule has 0 bridgehead atoms. The number of esters is 1. The predicted octanol–water partition coefficient (Wildman–Crippen LogP) is 4.06. The van der Waals surface area contributed by atoms with Crippen LogP contribution in [0.1, 0.15) is 29.5 Å². The Hall–Kier alpha value is -2.55. The van der Waals surface area contributed by atoms with Crippen LogP contribution in [0.3, 0.4) is 0 Å². The summed E-state index contributed by atoms with van der Waals surface area (Å²) in [5.41, 5.74) is 2.73. The van der Waals surface area contributed by atoms with Gasteiger partial charge in [0.1, 0.15) is 5.75 Å². The normalized spacial score (nSPS) is 12.3. The first-order valence-electron chi connectivity index (χ1n) is 7.25. The molecular weight excluding hydrogens is 276 g/mol. The first-order chi connectivity index (χ1) is 10.6. The van der Waals surface area contributed by atoms with E-state index in [1.54, 1.807) is 12.1 Å². The average molecular weight is 296 g/mol. The Morgan fingerprint density at radius 1 is 1.23 bits per heavy atom. The molecule has 0 spiro atoms. The molecule has 0 heterocycles. The second-order valence-electron chi connectivity index (χ2n) is 5.34. The van der Waals surface area contributed by atoms with Crippen LogP contribution >= 0.6 is 0 Å². The Bertz CT molecular complexity index is 660. The molecule has 0 amide bonds. The third kappa shape index (κ3) is 4.48. The van der Waals surface area contributed by atoms with Crippen LogP contribution < -0.4 is 0 Å². The average Bonchev–Trinajstić information content (AvgIpc) is 2.51. The van der Waals surface area contributed by atoms with E-state index >= 15 is 0 Å². The number of carbonyl (C=O) groups is 1. The maximum Gasteiger partial charge on any atom is 0.330 e. The molecule has 1 N–H and O–H groups in total. The minimum Gasteiger partial charge on any atom is -0.508 e. The third-order valence-corrected chi connectivity index (χ3v) is 3.40. The number of carbonyl (C=O) groups excluding carboxylic acids is 1. The van der Waals surface area contributed by atoms with Crippen molar-refractivity contribution in [2.75, 3.05) is 6.61 Å². The standard InChI is InChI=1S/C19H20O3/c1-14-8-10-17(18(20)12-14)15(2)13-22-19(21)11-9-16-6-4-3-5-7-16/h3-12,15,20H,13H2,1-2H3/t15-/m1/s1. The Morgan fingerprint density at radius 2 is 1.95 bits per heavy atom. The fourth-order valence-corrected chi connectivity index (χ4v) is 2.14. The molecule has 3 nitrogen and oxygen atoms in total. The van der Waals surface area contributed by atoms with Gasteiger partial charge in [0.25, 0.3) is 0 Å². The topological polar surface area (TPSA) is 46.5 Å². The van der Waals surface area contributed by atoms with Gasteiger partial charge in [0.05, 0.1) is 6.61 Å². The Labute approximate surface area is 130 Å². The van der Waals surface area contributed by atoms with Crippen molar-refractivity contribution in [1.29, 1.82) is 0 Å². The second-order valence-corrected chi connectivity index (χ2v) is 5.34. The number of ether oxygens (including phenoxy) is 1. The zero-order valence-corrected chi connectivity index (χ0v) is 12.8. The van der Waals surface area contributed by atoms with Gasteiger partial charge in [-0.15, -0.1) is 0 Å². The molecule has 2 aromatic rings. The van der Waals surface area contributed by atoms with E-state index in [9.17, 15) is 9.90 Å². The first-order valence-corrected chi connectivity index (χ1v) is 7.25. The second kappa shape index (κ2) is 7.46. The number of rotatable bonds is 5. The van der Waals surface area contributed by atoms with Crippen molar-refractivity contribution in [2.24, 2.45) is 0 Å². The highest BCUT2D eigenvalue weighted by Crippen LogP contribution is 2.26. The van der Waals surface area contributed by atoms with Crippen LogP contribution in [0.25, 0.3) is 6.08 Å². The lowest BCUT2D eigenvalue weighted by Gasteiger charge is -2.13. The van der Waals surface area contributed by atoms with Crippen molar-refractivity contribution < 1.29 is 14.6 Å². The van der Waals surface area contributed by atoms with Gasteiger partial charge < -0.3 is 9.84 Å². The number of phenolic OH excluding ortho intramolecular Hbond substituents is 1. The number of aryl methyl sites for hydroxylation is 1. The molecule has 0 fully saturated rings. The molecule has 2 aromatic carbocycles. The summed E-state index contributed by atoms with van der Waals surface area (Å²) in [5, 5.41) is 9.92. The van der Waals surface area contributed by atoms with E-state index in [2.05, 4.69) is 0 Å². The minimum atomic E-state index is -0.387. The van der Waals surface area contributed by atoms with Crippen LogP contribution in [-0.4, -0.2) is 17.7 Å². The lowest BCUT2D eigenvalue weighted by molar-refractivity contribution is -0.138. The molecule has 0 aliphatic heterocycles. The quantitative estimate of drug-likeness (QED) is 0.668. The van der Waals surface area contributed by atoms with E-state index < -0.39 is 0 Å². The number of phenols is 1. The number of aromatic hydroxyl groups is 1. The highest BCUT2D eigenvalue weighted by atomic mass is 16.5. The molecule has 114 valence electrons. The molecule has 0 saturated heterocycles. The van der Waals surface area contributed by atoms with E-state index in [1.807, 2.05) is 56.3 Å². The minimum absolute atomic E-state index is 0.0605. The van der Waals surface area contributed by atoms with Gasteiger partial charge in [0.15, 0.2) is 0 Å². The zero-order valence-electron chi connectivity index (χ0n) is 12.8. The van der Waals surface area contributed by atoms with Crippen molar-refractivity contribution >= 4 is 12.0 Å². The molecule has 0 unspecified atom stereocenters. The van der Waals surface area contributed by atoms with Gasteiger partial charge in [-0.1, -0.05) is 49.4 Å². The van der Waals surface area contributed by atoms with Crippen LogP contribution in [0.5, 0.6) is 5.75 Å². The molecule has 0 radical (unpaired) electrons. The molecule has 1 atom stereocenters. The van der Waals surface area contributed by atoms with E-state index in [4.69, 9.17) is 4.74 Å². The molecule has 0 saturated carbocycles. The van der Waals surface area contributed by atoms with Crippen LogP contribution in [0, 0.1) is 6.92 Å².